The second-order valence-electron chi connectivity index (χ2n) is 6.50. The summed E-state index contributed by atoms with van der Waals surface area (Å²) in [5, 5.41) is 12.9. The molecule has 0 aromatic heterocycles. The van der Waals surface area contributed by atoms with Crippen molar-refractivity contribution in [3.63, 3.8) is 0 Å². The molecule has 1 amide bonds. The minimum absolute atomic E-state index is 0.135. The van der Waals surface area contributed by atoms with Crippen LogP contribution in [-0.2, 0) is 17.9 Å². The van der Waals surface area contributed by atoms with E-state index in [1.54, 1.807) is 11.8 Å². The zero-order chi connectivity index (χ0) is 16.1. The highest BCUT2D eigenvalue weighted by Gasteiger charge is 2.23. The first kappa shape index (κ1) is 16.8. The molecule has 23 heavy (non-hydrogen) atoms. The first-order valence-corrected chi connectivity index (χ1v) is 9.64. The van der Waals surface area contributed by atoms with Gasteiger partial charge in [0.25, 0.3) is 0 Å². The van der Waals surface area contributed by atoms with Gasteiger partial charge in [0, 0.05) is 26.2 Å². The number of thioether (sulfide) groups is 1. The Morgan fingerprint density at radius 3 is 2.65 bits per heavy atom. The highest BCUT2D eigenvalue weighted by atomic mass is 32.2. The molecule has 2 heterocycles. The lowest BCUT2D eigenvalue weighted by atomic mass is 10.0. The Kier molecular flexibility index (Phi) is 5.97. The number of carbonyl (C=O) groups is 1. The molecule has 0 spiro atoms. The number of nitrogens with one attached hydrogen (secondary N) is 1. The van der Waals surface area contributed by atoms with E-state index in [4.69, 9.17) is 0 Å². The molecule has 0 radical (unpaired) electrons. The van der Waals surface area contributed by atoms with Gasteiger partial charge in [-0.3, -0.25) is 9.69 Å². The summed E-state index contributed by atoms with van der Waals surface area (Å²) in [6.45, 7) is 3.40. The SMILES string of the molecule is O=C(NCc1ccccc1CN1CCC(O)CC1)C1CCCS1. The number of aliphatic hydroxyl groups excluding tert-OH is 1. The summed E-state index contributed by atoms with van der Waals surface area (Å²) in [6, 6.07) is 8.36. The molecule has 0 aliphatic carbocycles. The number of amides is 1. The van der Waals surface area contributed by atoms with E-state index in [-0.39, 0.29) is 17.3 Å². The Labute approximate surface area is 142 Å². The number of carbonyl (C=O) groups excluding carboxylic acids is 1. The summed E-state index contributed by atoms with van der Waals surface area (Å²) in [5.74, 6) is 1.29. The summed E-state index contributed by atoms with van der Waals surface area (Å²) in [7, 11) is 0. The van der Waals surface area contributed by atoms with Gasteiger partial charge >= 0.3 is 0 Å². The number of piperidine rings is 1. The molecule has 2 N–H and O–H groups in total. The molecule has 3 rings (SSSR count). The van der Waals surface area contributed by atoms with Crippen molar-refractivity contribution in [1.82, 2.24) is 10.2 Å². The van der Waals surface area contributed by atoms with Crippen LogP contribution in [0.15, 0.2) is 24.3 Å². The van der Waals surface area contributed by atoms with Gasteiger partial charge in [-0.05, 0) is 42.6 Å². The summed E-state index contributed by atoms with van der Waals surface area (Å²) in [4.78, 5) is 14.6. The van der Waals surface area contributed by atoms with E-state index in [0.717, 1.165) is 51.1 Å². The highest BCUT2D eigenvalue weighted by Crippen LogP contribution is 2.26. The van der Waals surface area contributed by atoms with Crippen molar-refractivity contribution >= 4 is 17.7 Å². The van der Waals surface area contributed by atoms with E-state index in [1.807, 2.05) is 6.07 Å². The Bertz CT molecular complexity index is 524. The Morgan fingerprint density at radius 1 is 1.22 bits per heavy atom. The molecule has 2 saturated heterocycles. The maximum Gasteiger partial charge on any atom is 0.233 e. The van der Waals surface area contributed by atoms with Gasteiger partial charge in [0.1, 0.15) is 0 Å². The summed E-state index contributed by atoms with van der Waals surface area (Å²) >= 11 is 1.77. The third kappa shape index (κ3) is 4.72. The molecular weight excluding hydrogens is 308 g/mol. The molecule has 2 aliphatic rings. The standard InChI is InChI=1S/C18H26N2O2S/c21-16-7-9-20(10-8-16)13-15-5-2-1-4-14(15)12-19-18(22)17-6-3-11-23-17/h1-2,4-5,16-17,21H,3,6-13H2,(H,19,22). The van der Waals surface area contributed by atoms with Crippen LogP contribution in [0, 0.1) is 0 Å². The molecule has 5 heteroatoms. The van der Waals surface area contributed by atoms with E-state index in [9.17, 15) is 9.90 Å². The molecule has 2 aliphatic heterocycles. The second kappa shape index (κ2) is 8.18. The fourth-order valence-corrected chi connectivity index (χ4v) is 4.47. The van der Waals surface area contributed by atoms with Crippen LogP contribution in [0.1, 0.15) is 36.8 Å². The predicted octanol–water partition coefficient (Wildman–Crippen LogP) is 2.16. The Morgan fingerprint density at radius 2 is 1.96 bits per heavy atom. The highest BCUT2D eigenvalue weighted by molar-refractivity contribution is 8.00. The molecule has 0 saturated carbocycles. The first-order valence-electron chi connectivity index (χ1n) is 8.59. The van der Waals surface area contributed by atoms with Crippen LogP contribution in [0.2, 0.25) is 0 Å². The first-order chi connectivity index (χ1) is 11.2. The maximum absolute atomic E-state index is 12.2. The maximum atomic E-state index is 12.2. The van der Waals surface area contributed by atoms with Gasteiger partial charge < -0.3 is 10.4 Å². The van der Waals surface area contributed by atoms with Crippen LogP contribution in [0.3, 0.4) is 0 Å². The predicted molar refractivity (Wildman–Crippen MR) is 94.3 cm³/mol. The number of benzene rings is 1. The van der Waals surface area contributed by atoms with Crippen molar-refractivity contribution in [3.05, 3.63) is 35.4 Å². The van der Waals surface area contributed by atoms with E-state index >= 15 is 0 Å². The quantitative estimate of drug-likeness (QED) is 0.866. The molecule has 1 atom stereocenters. The van der Waals surface area contributed by atoms with Gasteiger partial charge in [0.2, 0.25) is 5.91 Å². The number of hydrogen-bond acceptors (Lipinski definition) is 4. The number of nitrogens with zero attached hydrogens (tertiary/aromatic N) is 1. The normalized spacial score (nSPS) is 23.1. The Hall–Kier alpha value is -1.04. The van der Waals surface area contributed by atoms with E-state index < -0.39 is 0 Å². The number of hydrogen-bond donors (Lipinski definition) is 2. The Balaban J connectivity index is 1.55. The van der Waals surface area contributed by atoms with Crippen LogP contribution in [0.5, 0.6) is 0 Å². The molecule has 1 unspecified atom stereocenters. The smallest absolute Gasteiger partial charge is 0.233 e. The third-order valence-electron chi connectivity index (χ3n) is 4.74. The molecule has 1 aromatic rings. The largest absolute Gasteiger partial charge is 0.393 e. The molecule has 4 nitrogen and oxygen atoms in total. The van der Waals surface area contributed by atoms with Crippen LogP contribution >= 0.6 is 11.8 Å². The zero-order valence-corrected chi connectivity index (χ0v) is 14.4. The lowest BCUT2D eigenvalue weighted by Gasteiger charge is -2.30. The topological polar surface area (TPSA) is 52.6 Å². The molecular formula is C18H26N2O2S. The summed E-state index contributed by atoms with van der Waals surface area (Å²) in [5.41, 5.74) is 2.48. The van der Waals surface area contributed by atoms with Crippen LogP contribution in [-0.4, -0.2) is 46.1 Å². The number of aliphatic hydroxyl groups is 1. The molecule has 0 bridgehead atoms. The van der Waals surface area contributed by atoms with Crippen LogP contribution in [0.4, 0.5) is 0 Å². The van der Waals surface area contributed by atoms with Gasteiger partial charge in [0.05, 0.1) is 11.4 Å². The lowest BCUT2D eigenvalue weighted by Crippen LogP contribution is -2.36. The van der Waals surface area contributed by atoms with Crippen molar-refractivity contribution in [2.24, 2.45) is 0 Å². The minimum atomic E-state index is -0.135. The molecule has 1 aromatic carbocycles. The fraction of sp³-hybridized carbons (Fsp3) is 0.611. The summed E-state index contributed by atoms with van der Waals surface area (Å²) < 4.78 is 0. The second-order valence-corrected chi connectivity index (χ2v) is 7.81. The molecule has 126 valence electrons. The van der Waals surface area contributed by atoms with Crippen molar-refractivity contribution in [2.75, 3.05) is 18.8 Å². The van der Waals surface area contributed by atoms with Gasteiger partial charge in [-0.15, -0.1) is 11.8 Å². The van der Waals surface area contributed by atoms with E-state index in [0.29, 0.717) is 6.54 Å². The van der Waals surface area contributed by atoms with Gasteiger partial charge in [-0.1, -0.05) is 24.3 Å². The molecule has 2 fully saturated rings. The van der Waals surface area contributed by atoms with E-state index in [2.05, 4.69) is 28.4 Å². The van der Waals surface area contributed by atoms with Gasteiger partial charge in [0.15, 0.2) is 0 Å². The third-order valence-corrected chi connectivity index (χ3v) is 6.12. The fourth-order valence-electron chi connectivity index (χ4n) is 3.28. The van der Waals surface area contributed by atoms with Crippen LogP contribution in [0.25, 0.3) is 0 Å². The van der Waals surface area contributed by atoms with Crippen molar-refractivity contribution in [2.45, 2.75) is 50.1 Å². The summed E-state index contributed by atoms with van der Waals surface area (Å²) in [6.07, 6.45) is 3.74. The number of likely N-dealkylation sites (tertiary alicyclic amines) is 1. The number of rotatable bonds is 5. The van der Waals surface area contributed by atoms with Crippen molar-refractivity contribution in [1.29, 1.82) is 0 Å². The zero-order valence-electron chi connectivity index (χ0n) is 13.5. The van der Waals surface area contributed by atoms with Crippen molar-refractivity contribution in [3.8, 4) is 0 Å². The average Bonchev–Trinajstić information content (AvgIpc) is 3.10. The average molecular weight is 334 g/mol. The van der Waals surface area contributed by atoms with Gasteiger partial charge in [-0.2, -0.15) is 0 Å². The lowest BCUT2D eigenvalue weighted by molar-refractivity contribution is -0.120. The minimum Gasteiger partial charge on any atom is -0.393 e. The van der Waals surface area contributed by atoms with Crippen molar-refractivity contribution < 1.29 is 9.90 Å². The van der Waals surface area contributed by atoms with E-state index in [1.165, 1.54) is 11.1 Å². The monoisotopic (exact) mass is 334 g/mol. The van der Waals surface area contributed by atoms with Gasteiger partial charge in [-0.25, -0.2) is 0 Å². The van der Waals surface area contributed by atoms with Crippen LogP contribution < -0.4 is 5.32 Å².